The summed E-state index contributed by atoms with van der Waals surface area (Å²) in [5, 5.41) is 4.44. The van der Waals surface area contributed by atoms with E-state index in [1.54, 1.807) is 53.9 Å². The van der Waals surface area contributed by atoms with Gasteiger partial charge in [0, 0.05) is 10.9 Å². The second-order valence-electron chi connectivity index (χ2n) is 6.51. The van der Waals surface area contributed by atoms with Gasteiger partial charge in [-0.2, -0.15) is 0 Å². The molecule has 8 heteroatoms. The number of ether oxygens (including phenoxy) is 1. The largest absolute Gasteiger partial charge is 0.452 e. The van der Waals surface area contributed by atoms with Gasteiger partial charge in [-0.05, 0) is 47.8 Å². The number of pyridine rings is 1. The molecule has 2 amide bonds. The average Bonchev–Trinajstić information content (AvgIpc) is 3.32. The lowest BCUT2D eigenvalue weighted by atomic mass is 10.0. The van der Waals surface area contributed by atoms with Gasteiger partial charge in [0.25, 0.3) is 11.8 Å². The molecule has 0 aliphatic carbocycles. The average molecular weight is 434 g/mol. The number of imide groups is 1. The summed E-state index contributed by atoms with van der Waals surface area (Å²) in [6.45, 7) is -0.613. The second-order valence-corrected chi connectivity index (χ2v) is 7.46. The van der Waals surface area contributed by atoms with E-state index in [-0.39, 0.29) is 11.4 Å². The summed E-state index contributed by atoms with van der Waals surface area (Å²) < 4.78 is 18.4. The van der Waals surface area contributed by atoms with Crippen molar-refractivity contribution in [3.8, 4) is 11.3 Å². The molecule has 0 saturated carbocycles. The first kappa shape index (κ1) is 20.4. The van der Waals surface area contributed by atoms with Gasteiger partial charge in [0.15, 0.2) is 6.61 Å². The predicted molar refractivity (Wildman–Crippen MR) is 114 cm³/mol. The maximum absolute atomic E-state index is 13.3. The number of rotatable bonds is 5. The Kier molecular flexibility index (Phi) is 5.81. The van der Waals surface area contributed by atoms with Gasteiger partial charge in [-0.1, -0.05) is 24.3 Å². The smallest absolute Gasteiger partial charge is 0.339 e. The molecule has 2 aromatic carbocycles. The maximum atomic E-state index is 13.3. The Bertz CT molecular complexity index is 1270. The van der Waals surface area contributed by atoms with Crippen molar-refractivity contribution in [3.05, 3.63) is 88.4 Å². The Balaban J connectivity index is 1.54. The first-order valence-corrected chi connectivity index (χ1v) is 10.1. The molecule has 4 rings (SSSR count). The summed E-state index contributed by atoms with van der Waals surface area (Å²) in [6, 6.07) is 17.5. The fourth-order valence-corrected chi connectivity index (χ4v) is 3.57. The monoisotopic (exact) mass is 434 g/mol. The highest BCUT2D eigenvalue weighted by atomic mass is 32.1. The third kappa shape index (κ3) is 4.65. The Morgan fingerprint density at radius 3 is 2.52 bits per heavy atom. The highest BCUT2D eigenvalue weighted by Crippen LogP contribution is 2.25. The van der Waals surface area contributed by atoms with Crippen LogP contribution in [0.2, 0.25) is 0 Å². The van der Waals surface area contributed by atoms with Crippen molar-refractivity contribution in [2.75, 3.05) is 6.61 Å². The summed E-state index contributed by atoms with van der Waals surface area (Å²) in [5.41, 5.74) is 1.85. The van der Waals surface area contributed by atoms with Crippen LogP contribution in [0, 0.1) is 5.82 Å². The van der Waals surface area contributed by atoms with Crippen molar-refractivity contribution >= 4 is 40.0 Å². The summed E-state index contributed by atoms with van der Waals surface area (Å²) in [5.74, 6) is -2.40. The van der Waals surface area contributed by atoms with E-state index >= 15 is 0 Å². The van der Waals surface area contributed by atoms with Gasteiger partial charge < -0.3 is 4.74 Å². The summed E-state index contributed by atoms with van der Waals surface area (Å²) in [7, 11) is 0. The van der Waals surface area contributed by atoms with Gasteiger partial charge in [-0.25, -0.2) is 14.2 Å². The molecule has 0 spiro atoms. The number of nitrogens with one attached hydrogen (secondary N) is 1. The molecule has 0 atom stereocenters. The Morgan fingerprint density at radius 1 is 1.00 bits per heavy atom. The minimum atomic E-state index is -0.735. The van der Waals surface area contributed by atoms with Crippen LogP contribution in [-0.2, 0) is 9.53 Å². The molecule has 154 valence electrons. The first-order chi connectivity index (χ1) is 15.0. The van der Waals surface area contributed by atoms with Crippen molar-refractivity contribution in [2.24, 2.45) is 0 Å². The molecule has 6 nitrogen and oxygen atoms in total. The molecule has 2 aromatic heterocycles. The lowest BCUT2D eigenvalue weighted by molar-refractivity contribution is -0.123. The number of benzene rings is 2. The highest BCUT2D eigenvalue weighted by Gasteiger charge is 2.18. The summed E-state index contributed by atoms with van der Waals surface area (Å²) in [4.78, 5) is 41.6. The molecule has 4 aromatic rings. The molecule has 1 N–H and O–H groups in total. The Hall–Kier alpha value is -3.91. The van der Waals surface area contributed by atoms with E-state index in [0.29, 0.717) is 27.0 Å². The van der Waals surface area contributed by atoms with Gasteiger partial charge in [0.2, 0.25) is 0 Å². The first-order valence-electron chi connectivity index (χ1n) is 9.22. The number of para-hydroxylation sites is 1. The van der Waals surface area contributed by atoms with Crippen LogP contribution in [0.4, 0.5) is 4.39 Å². The van der Waals surface area contributed by atoms with Crippen molar-refractivity contribution in [2.45, 2.75) is 0 Å². The predicted octanol–water partition coefficient (Wildman–Crippen LogP) is 4.22. The number of thiophene rings is 1. The quantitative estimate of drug-likeness (QED) is 0.476. The number of esters is 1. The number of hydrogen-bond acceptors (Lipinski definition) is 6. The molecule has 0 bridgehead atoms. The molecule has 2 heterocycles. The van der Waals surface area contributed by atoms with E-state index in [9.17, 15) is 18.8 Å². The van der Waals surface area contributed by atoms with Crippen molar-refractivity contribution in [3.63, 3.8) is 0 Å². The summed E-state index contributed by atoms with van der Waals surface area (Å²) >= 11 is 1.19. The van der Waals surface area contributed by atoms with Gasteiger partial charge in [0.1, 0.15) is 5.82 Å². The van der Waals surface area contributed by atoms with Crippen molar-refractivity contribution in [1.82, 2.24) is 10.3 Å². The van der Waals surface area contributed by atoms with Gasteiger partial charge in [-0.15, -0.1) is 11.3 Å². The van der Waals surface area contributed by atoms with Crippen LogP contribution in [0.1, 0.15) is 20.0 Å². The van der Waals surface area contributed by atoms with E-state index < -0.39 is 24.4 Å². The van der Waals surface area contributed by atoms with Crippen LogP contribution >= 0.6 is 11.3 Å². The van der Waals surface area contributed by atoms with E-state index in [2.05, 4.69) is 10.3 Å². The van der Waals surface area contributed by atoms with Crippen LogP contribution in [0.3, 0.4) is 0 Å². The standard InChI is InChI=1S/C23H15FN2O4S/c24-15-9-7-14(8-10-15)19-12-17(16-4-1-2-5-18(16)25-19)23(29)30-13-21(27)26-22(28)20-6-3-11-31-20/h1-12H,13H2,(H,26,27,28). The van der Waals surface area contributed by atoms with Gasteiger partial charge >= 0.3 is 5.97 Å². The number of halogens is 1. The van der Waals surface area contributed by atoms with E-state index in [0.717, 1.165) is 0 Å². The Labute approximate surface area is 180 Å². The van der Waals surface area contributed by atoms with Crippen LogP contribution in [0.25, 0.3) is 22.2 Å². The Morgan fingerprint density at radius 2 is 1.77 bits per heavy atom. The highest BCUT2D eigenvalue weighted by molar-refractivity contribution is 7.12. The second kappa shape index (κ2) is 8.85. The van der Waals surface area contributed by atoms with Crippen molar-refractivity contribution in [1.29, 1.82) is 0 Å². The van der Waals surface area contributed by atoms with E-state index in [4.69, 9.17) is 4.74 Å². The van der Waals surface area contributed by atoms with Gasteiger partial charge in [-0.3, -0.25) is 14.9 Å². The molecule has 0 radical (unpaired) electrons. The zero-order valence-corrected chi connectivity index (χ0v) is 16.8. The SMILES string of the molecule is O=C(COC(=O)c1cc(-c2ccc(F)cc2)nc2ccccc12)NC(=O)c1cccs1. The van der Waals surface area contributed by atoms with Crippen LogP contribution in [-0.4, -0.2) is 29.4 Å². The topological polar surface area (TPSA) is 85.4 Å². The fraction of sp³-hybridized carbons (Fsp3) is 0.0435. The number of aromatic nitrogens is 1. The van der Waals surface area contributed by atoms with Crippen LogP contribution < -0.4 is 5.32 Å². The zero-order chi connectivity index (χ0) is 21.8. The van der Waals surface area contributed by atoms with E-state index in [1.807, 2.05) is 0 Å². The molecular formula is C23H15FN2O4S. The molecular weight excluding hydrogens is 419 g/mol. The van der Waals surface area contributed by atoms with Gasteiger partial charge in [0.05, 0.1) is 21.7 Å². The minimum Gasteiger partial charge on any atom is -0.452 e. The molecule has 0 saturated heterocycles. The number of nitrogens with zero attached hydrogens (tertiary/aromatic N) is 1. The third-order valence-corrected chi connectivity index (χ3v) is 5.28. The number of carbonyl (C=O) groups is 3. The zero-order valence-electron chi connectivity index (χ0n) is 16.0. The summed E-state index contributed by atoms with van der Waals surface area (Å²) in [6.07, 6.45) is 0. The van der Waals surface area contributed by atoms with Crippen LogP contribution in [0.5, 0.6) is 0 Å². The minimum absolute atomic E-state index is 0.210. The fourth-order valence-electron chi connectivity index (χ4n) is 2.95. The number of carbonyl (C=O) groups excluding carboxylic acids is 3. The molecule has 0 aliphatic heterocycles. The number of fused-ring (bicyclic) bond motifs is 1. The maximum Gasteiger partial charge on any atom is 0.339 e. The van der Waals surface area contributed by atoms with Crippen molar-refractivity contribution < 1.29 is 23.5 Å². The molecule has 0 unspecified atom stereocenters. The third-order valence-electron chi connectivity index (χ3n) is 4.41. The molecule has 0 fully saturated rings. The van der Waals surface area contributed by atoms with E-state index in [1.165, 1.54) is 29.5 Å². The lowest BCUT2D eigenvalue weighted by Crippen LogP contribution is -2.33. The molecule has 31 heavy (non-hydrogen) atoms. The molecule has 0 aliphatic rings. The number of amides is 2. The van der Waals surface area contributed by atoms with Crippen LogP contribution in [0.15, 0.2) is 72.1 Å². The normalized spacial score (nSPS) is 10.6. The number of hydrogen-bond donors (Lipinski definition) is 1. The lowest BCUT2D eigenvalue weighted by Gasteiger charge is -2.10.